The Balaban J connectivity index is 1.09. The maximum Gasteiger partial charge on any atom is 0.122 e. The van der Waals surface area contributed by atoms with Crippen molar-refractivity contribution >= 4 is 0 Å². The van der Waals surface area contributed by atoms with Gasteiger partial charge in [-0.3, -0.25) is 4.90 Å². The number of ether oxygens (including phenoxy) is 1. The minimum Gasteiger partial charge on any atom is -0.493 e. The zero-order chi connectivity index (χ0) is 18.3. The first-order chi connectivity index (χ1) is 13.4. The van der Waals surface area contributed by atoms with Crippen LogP contribution in [0.5, 0.6) is 5.75 Å². The molecule has 2 aromatic carbocycles. The van der Waals surface area contributed by atoms with Gasteiger partial charge in [0.2, 0.25) is 0 Å². The highest BCUT2D eigenvalue weighted by Gasteiger charge is 2.16. The second-order valence-electron chi connectivity index (χ2n) is 7.67. The van der Waals surface area contributed by atoms with Gasteiger partial charge in [0.15, 0.2) is 0 Å². The van der Waals surface area contributed by atoms with Crippen molar-refractivity contribution in [2.24, 2.45) is 0 Å². The van der Waals surface area contributed by atoms with Crippen LogP contribution in [0, 0.1) is 0 Å². The minimum absolute atomic E-state index is 0.838. The molecule has 0 aromatic heterocycles. The van der Waals surface area contributed by atoms with E-state index in [9.17, 15) is 0 Å². The molecule has 27 heavy (non-hydrogen) atoms. The summed E-state index contributed by atoms with van der Waals surface area (Å²) < 4.78 is 5.58. The van der Waals surface area contributed by atoms with E-state index in [0.29, 0.717) is 0 Å². The van der Waals surface area contributed by atoms with Crippen LogP contribution in [-0.4, -0.2) is 55.7 Å². The molecule has 0 spiro atoms. The van der Waals surface area contributed by atoms with E-state index >= 15 is 0 Å². The van der Waals surface area contributed by atoms with Gasteiger partial charge >= 0.3 is 0 Å². The number of hydrogen-bond donors (Lipinski definition) is 1. The van der Waals surface area contributed by atoms with Gasteiger partial charge in [0.1, 0.15) is 5.75 Å². The molecule has 2 aromatic rings. The molecule has 0 radical (unpaired) electrons. The highest BCUT2D eigenvalue weighted by Crippen LogP contribution is 2.25. The summed E-state index contributed by atoms with van der Waals surface area (Å²) in [5.74, 6) is 1.07. The Labute approximate surface area is 163 Å². The van der Waals surface area contributed by atoms with Gasteiger partial charge in [-0.15, -0.1) is 0 Å². The summed E-state index contributed by atoms with van der Waals surface area (Å²) >= 11 is 0. The highest BCUT2D eigenvalue weighted by molar-refractivity contribution is 5.39. The number of nitrogens with zero attached hydrogens (tertiary/aromatic N) is 2. The van der Waals surface area contributed by atoms with Crippen LogP contribution >= 0.6 is 0 Å². The van der Waals surface area contributed by atoms with Crippen LogP contribution in [0.25, 0.3) is 0 Å². The third kappa shape index (κ3) is 5.32. The lowest BCUT2D eigenvalue weighted by Gasteiger charge is -2.34. The molecule has 4 heteroatoms. The molecule has 0 saturated carbocycles. The van der Waals surface area contributed by atoms with Crippen LogP contribution in [0.3, 0.4) is 0 Å². The van der Waals surface area contributed by atoms with Gasteiger partial charge in [0.05, 0.1) is 6.61 Å². The van der Waals surface area contributed by atoms with Gasteiger partial charge in [0, 0.05) is 45.7 Å². The van der Waals surface area contributed by atoms with Crippen molar-refractivity contribution in [3.8, 4) is 5.75 Å². The van der Waals surface area contributed by atoms with E-state index in [0.717, 1.165) is 38.4 Å². The first kappa shape index (κ1) is 18.5. The molecule has 144 valence electrons. The van der Waals surface area contributed by atoms with Gasteiger partial charge < -0.3 is 15.0 Å². The summed E-state index contributed by atoms with van der Waals surface area (Å²) in [6, 6.07) is 17.4. The molecule has 1 saturated heterocycles. The van der Waals surface area contributed by atoms with E-state index in [1.165, 1.54) is 55.8 Å². The molecule has 2 aliphatic heterocycles. The molecule has 2 heterocycles. The predicted molar refractivity (Wildman–Crippen MR) is 110 cm³/mol. The number of hydrogen-bond acceptors (Lipinski definition) is 4. The second-order valence-corrected chi connectivity index (χ2v) is 7.67. The Hall–Kier alpha value is -1.88. The fourth-order valence-corrected chi connectivity index (χ4v) is 4.02. The van der Waals surface area contributed by atoms with Crippen LogP contribution in [0.4, 0.5) is 0 Å². The average molecular weight is 366 g/mol. The number of piperazine rings is 1. The smallest absolute Gasteiger partial charge is 0.122 e. The maximum absolute atomic E-state index is 5.58. The largest absolute Gasteiger partial charge is 0.493 e. The summed E-state index contributed by atoms with van der Waals surface area (Å²) in [6.45, 7) is 9.90. The standard InChI is InChI=1S/C23H31N3O/c1-2-5-20(6-3-1)19-26-14-12-25(13-15-26)11-4-10-24-18-21-7-8-23-22(17-21)9-16-27-23/h1-3,5-8,17,24H,4,9-16,18-19H2. The van der Waals surface area contributed by atoms with Gasteiger partial charge in [-0.2, -0.15) is 0 Å². The molecular formula is C23H31N3O. The molecule has 0 aliphatic carbocycles. The summed E-state index contributed by atoms with van der Waals surface area (Å²) in [7, 11) is 0. The molecule has 4 rings (SSSR count). The molecule has 1 N–H and O–H groups in total. The summed E-state index contributed by atoms with van der Waals surface area (Å²) in [5, 5.41) is 3.60. The molecule has 0 atom stereocenters. The van der Waals surface area contributed by atoms with Crippen LogP contribution in [0.15, 0.2) is 48.5 Å². The molecular weight excluding hydrogens is 334 g/mol. The fraction of sp³-hybridized carbons (Fsp3) is 0.478. The molecule has 0 unspecified atom stereocenters. The van der Waals surface area contributed by atoms with E-state index in [1.807, 2.05) is 0 Å². The number of benzene rings is 2. The molecule has 0 amide bonds. The van der Waals surface area contributed by atoms with Gasteiger partial charge in [-0.25, -0.2) is 0 Å². The first-order valence-electron chi connectivity index (χ1n) is 10.3. The molecule has 0 bridgehead atoms. The van der Waals surface area contributed by atoms with Crippen molar-refractivity contribution in [3.05, 3.63) is 65.2 Å². The molecule has 4 nitrogen and oxygen atoms in total. The van der Waals surface area contributed by atoms with Crippen molar-refractivity contribution in [2.75, 3.05) is 45.9 Å². The average Bonchev–Trinajstić information content (AvgIpc) is 3.18. The second kappa shape index (κ2) is 9.36. The topological polar surface area (TPSA) is 27.7 Å². The van der Waals surface area contributed by atoms with Crippen molar-refractivity contribution in [2.45, 2.75) is 25.9 Å². The Kier molecular flexibility index (Phi) is 6.40. The first-order valence-corrected chi connectivity index (χ1v) is 10.3. The number of nitrogens with one attached hydrogen (secondary N) is 1. The quantitative estimate of drug-likeness (QED) is 0.728. The summed E-state index contributed by atoms with van der Waals surface area (Å²) in [5.41, 5.74) is 4.16. The van der Waals surface area contributed by atoms with Crippen molar-refractivity contribution < 1.29 is 4.74 Å². The van der Waals surface area contributed by atoms with E-state index in [4.69, 9.17) is 4.74 Å². The highest BCUT2D eigenvalue weighted by atomic mass is 16.5. The van der Waals surface area contributed by atoms with E-state index in [2.05, 4.69) is 63.6 Å². The zero-order valence-electron chi connectivity index (χ0n) is 16.2. The van der Waals surface area contributed by atoms with Crippen molar-refractivity contribution in [1.82, 2.24) is 15.1 Å². The SMILES string of the molecule is c1ccc(CN2CCN(CCCNCc3ccc4c(c3)CCO4)CC2)cc1. The van der Waals surface area contributed by atoms with Crippen LogP contribution in [-0.2, 0) is 19.5 Å². The monoisotopic (exact) mass is 365 g/mol. The van der Waals surface area contributed by atoms with Gasteiger partial charge in [-0.1, -0.05) is 42.5 Å². The molecule has 2 aliphatic rings. The minimum atomic E-state index is 0.838. The lowest BCUT2D eigenvalue weighted by atomic mass is 10.1. The Bertz CT molecular complexity index is 711. The summed E-state index contributed by atoms with van der Waals surface area (Å²) in [4.78, 5) is 5.18. The third-order valence-electron chi connectivity index (χ3n) is 5.62. The van der Waals surface area contributed by atoms with Gasteiger partial charge in [-0.05, 0) is 42.3 Å². The van der Waals surface area contributed by atoms with Crippen LogP contribution < -0.4 is 10.1 Å². The molecule has 1 fully saturated rings. The lowest BCUT2D eigenvalue weighted by molar-refractivity contribution is 0.126. The van der Waals surface area contributed by atoms with Crippen LogP contribution in [0.1, 0.15) is 23.1 Å². The number of rotatable bonds is 8. The van der Waals surface area contributed by atoms with Crippen molar-refractivity contribution in [3.63, 3.8) is 0 Å². The number of fused-ring (bicyclic) bond motifs is 1. The van der Waals surface area contributed by atoms with Gasteiger partial charge in [0.25, 0.3) is 0 Å². The van der Waals surface area contributed by atoms with Crippen LogP contribution in [0.2, 0.25) is 0 Å². The Morgan fingerprint density at radius 3 is 2.56 bits per heavy atom. The maximum atomic E-state index is 5.58. The lowest BCUT2D eigenvalue weighted by Crippen LogP contribution is -2.46. The van der Waals surface area contributed by atoms with E-state index in [1.54, 1.807) is 0 Å². The third-order valence-corrected chi connectivity index (χ3v) is 5.62. The van der Waals surface area contributed by atoms with E-state index in [-0.39, 0.29) is 0 Å². The fourth-order valence-electron chi connectivity index (χ4n) is 4.02. The normalized spacial score (nSPS) is 17.6. The summed E-state index contributed by atoms with van der Waals surface area (Å²) in [6.07, 6.45) is 2.27. The zero-order valence-corrected chi connectivity index (χ0v) is 16.2. The Morgan fingerprint density at radius 1 is 0.889 bits per heavy atom. The van der Waals surface area contributed by atoms with Crippen molar-refractivity contribution in [1.29, 1.82) is 0 Å². The van der Waals surface area contributed by atoms with E-state index < -0.39 is 0 Å². The Morgan fingerprint density at radius 2 is 1.70 bits per heavy atom. The predicted octanol–water partition coefficient (Wildman–Crippen LogP) is 2.92.